The number of benzene rings is 1. The third-order valence-electron chi connectivity index (χ3n) is 2.51. The molecule has 0 spiro atoms. The highest BCUT2D eigenvalue weighted by atomic mass is 16.1. The summed E-state index contributed by atoms with van der Waals surface area (Å²) in [5, 5.41) is 7.82. The number of aromatic amines is 1. The van der Waals surface area contributed by atoms with E-state index in [0.29, 0.717) is 5.56 Å². The van der Waals surface area contributed by atoms with Crippen LogP contribution in [0.15, 0.2) is 18.3 Å². The van der Waals surface area contributed by atoms with E-state index in [4.69, 9.17) is 5.73 Å². The molecule has 0 saturated heterocycles. The number of amides is 1. The lowest BCUT2D eigenvalue weighted by molar-refractivity contribution is 0.0999. The van der Waals surface area contributed by atoms with Gasteiger partial charge >= 0.3 is 0 Å². The van der Waals surface area contributed by atoms with Crippen molar-refractivity contribution < 1.29 is 4.79 Å². The van der Waals surface area contributed by atoms with Gasteiger partial charge < -0.3 is 5.73 Å². The first-order valence-corrected chi connectivity index (χ1v) is 4.87. The molecule has 0 bridgehead atoms. The van der Waals surface area contributed by atoms with Crippen molar-refractivity contribution in [2.24, 2.45) is 5.73 Å². The van der Waals surface area contributed by atoms with Crippen LogP contribution < -0.4 is 5.73 Å². The second kappa shape index (κ2) is 3.38. The molecule has 2 rings (SSSR count). The van der Waals surface area contributed by atoms with Crippen molar-refractivity contribution in [3.63, 3.8) is 0 Å². The molecular weight excluding hydrogens is 190 g/mol. The van der Waals surface area contributed by atoms with Gasteiger partial charge in [-0.1, -0.05) is 13.8 Å². The number of carbonyl (C=O) groups excluding carboxylic acids is 1. The van der Waals surface area contributed by atoms with Crippen LogP contribution in [0.25, 0.3) is 10.9 Å². The molecule has 0 aliphatic carbocycles. The maximum Gasteiger partial charge on any atom is 0.249 e. The summed E-state index contributed by atoms with van der Waals surface area (Å²) in [4.78, 5) is 11.3. The average molecular weight is 203 g/mol. The molecule has 0 unspecified atom stereocenters. The van der Waals surface area contributed by atoms with Crippen LogP contribution in [-0.2, 0) is 0 Å². The Morgan fingerprint density at radius 1 is 1.47 bits per heavy atom. The standard InChI is InChI=1S/C11H13N3O/c1-6(2)10-7(11(12)15)3-4-9-8(10)5-13-14-9/h3-6H,1-2H3,(H2,12,15)(H,13,14). The number of rotatable bonds is 2. The molecule has 3 N–H and O–H groups in total. The molecule has 4 nitrogen and oxygen atoms in total. The summed E-state index contributed by atoms with van der Waals surface area (Å²) < 4.78 is 0. The number of nitrogens with zero attached hydrogens (tertiary/aromatic N) is 1. The summed E-state index contributed by atoms with van der Waals surface area (Å²) in [6, 6.07) is 3.58. The molecule has 0 saturated carbocycles. The molecule has 0 fully saturated rings. The van der Waals surface area contributed by atoms with E-state index in [-0.39, 0.29) is 11.8 Å². The highest BCUT2D eigenvalue weighted by Crippen LogP contribution is 2.27. The number of primary amides is 1. The predicted molar refractivity (Wildman–Crippen MR) is 58.7 cm³/mol. The zero-order valence-corrected chi connectivity index (χ0v) is 8.74. The molecule has 1 amide bonds. The number of fused-ring (bicyclic) bond motifs is 1. The van der Waals surface area contributed by atoms with Gasteiger partial charge in [0.25, 0.3) is 0 Å². The summed E-state index contributed by atoms with van der Waals surface area (Å²) in [6.07, 6.45) is 1.73. The molecule has 1 aromatic carbocycles. The van der Waals surface area contributed by atoms with Crippen molar-refractivity contribution in [1.29, 1.82) is 0 Å². The third kappa shape index (κ3) is 1.48. The fourth-order valence-corrected chi connectivity index (χ4v) is 1.88. The molecule has 4 heteroatoms. The van der Waals surface area contributed by atoms with E-state index >= 15 is 0 Å². The lowest BCUT2D eigenvalue weighted by Gasteiger charge is -2.11. The maximum atomic E-state index is 11.3. The molecule has 1 aromatic heterocycles. The molecule has 78 valence electrons. The molecule has 0 atom stereocenters. The van der Waals surface area contributed by atoms with Gasteiger partial charge in [0.05, 0.1) is 11.7 Å². The Morgan fingerprint density at radius 3 is 2.80 bits per heavy atom. The smallest absolute Gasteiger partial charge is 0.249 e. The van der Waals surface area contributed by atoms with Crippen molar-refractivity contribution in [2.75, 3.05) is 0 Å². The lowest BCUT2D eigenvalue weighted by atomic mass is 9.93. The summed E-state index contributed by atoms with van der Waals surface area (Å²) in [7, 11) is 0. The Kier molecular flexibility index (Phi) is 2.19. The van der Waals surface area contributed by atoms with E-state index < -0.39 is 0 Å². The molecule has 0 radical (unpaired) electrons. The van der Waals surface area contributed by atoms with Gasteiger partial charge in [0.1, 0.15) is 0 Å². The normalized spacial score (nSPS) is 11.1. The Balaban J connectivity index is 2.81. The highest BCUT2D eigenvalue weighted by molar-refractivity contribution is 6.00. The van der Waals surface area contributed by atoms with Crippen molar-refractivity contribution in [3.8, 4) is 0 Å². The molecule has 0 aliphatic rings. The largest absolute Gasteiger partial charge is 0.366 e. The highest BCUT2D eigenvalue weighted by Gasteiger charge is 2.15. The number of nitrogens with two attached hydrogens (primary N) is 1. The first-order valence-electron chi connectivity index (χ1n) is 4.87. The van der Waals surface area contributed by atoms with E-state index in [0.717, 1.165) is 16.5 Å². The lowest BCUT2D eigenvalue weighted by Crippen LogP contribution is -2.14. The van der Waals surface area contributed by atoms with Crippen LogP contribution in [0.4, 0.5) is 0 Å². The van der Waals surface area contributed by atoms with E-state index in [1.165, 1.54) is 0 Å². The topological polar surface area (TPSA) is 71.8 Å². The number of aromatic nitrogens is 2. The average Bonchev–Trinajstić information content (AvgIpc) is 2.62. The number of nitrogens with one attached hydrogen (secondary N) is 1. The SMILES string of the molecule is CC(C)c1c(C(N)=O)ccc2[nH]ncc12. The van der Waals surface area contributed by atoms with Crippen molar-refractivity contribution >= 4 is 16.8 Å². The summed E-state index contributed by atoms with van der Waals surface area (Å²) >= 11 is 0. The number of hydrogen-bond acceptors (Lipinski definition) is 2. The Hall–Kier alpha value is -1.84. The number of H-pyrrole nitrogens is 1. The quantitative estimate of drug-likeness (QED) is 0.781. The van der Waals surface area contributed by atoms with Crippen molar-refractivity contribution in [2.45, 2.75) is 19.8 Å². The Morgan fingerprint density at radius 2 is 2.20 bits per heavy atom. The van der Waals surface area contributed by atoms with Gasteiger partial charge in [-0.25, -0.2) is 0 Å². The van der Waals surface area contributed by atoms with E-state index in [1.54, 1.807) is 12.3 Å². The second-order valence-electron chi connectivity index (χ2n) is 3.88. The van der Waals surface area contributed by atoms with E-state index in [9.17, 15) is 4.79 Å². The summed E-state index contributed by atoms with van der Waals surface area (Å²) in [6.45, 7) is 4.07. The summed E-state index contributed by atoms with van der Waals surface area (Å²) in [5.74, 6) is -0.143. The summed E-state index contributed by atoms with van der Waals surface area (Å²) in [5.41, 5.74) is 7.83. The van der Waals surface area contributed by atoms with Gasteiger partial charge in [-0.15, -0.1) is 0 Å². The number of carbonyl (C=O) groups is 1. The van der Waals surface area contributed by atoms with Crippen LogP contribution in [0.5, 0.6) is 0 Å². The minimum Gasteiger partial charge on any atom is -0.366 e. The van der Waals surface area contributed by atoms with Gasteiger partial charge in [0, 0.05) is 10.9 Å². The minimum atomic E-state index is -0.387. The minimum absolute atomic E-state index is 0.244. The van der Waals surface area contributed by atoms with Gasteiger partial charge in [-0.2, -0.15) is 5.10 Å². The Bertz CT molecular complexity index is 514. The van der Waals surface area contributed by atoms with Gasteiger partial charge in [0.15, 0.2) is 0 Å². The van der Waals surface area contributed by atoms with Gasteiger partial charge in [-0.3, -0.25) is 9.89 Å². The molecular formula is C11H13N3O. The van der Waals surface area contributed by atoms with Crippen LogP contribution in [0, 0.1) is 0 Å². The fourth-order valence-electron chi connectivity index (χ4n) is 1.88. The first-order chi connectivity index (χ1) is 7.11. The van der Waals surface area contributed by atoms with Crippen molar-refractivity contribution in [3.05, 3.63) is 29.5 Å². The zero-order valence-electron chi connectivity index (χ0n) is 8.74. The maximum absolute atomic E-state index is 11.3. The van der Waals surface area contributed by atoms with Crippen LogP contribution in [0.2, 0.25) is 0 Å². The van der Waals surface area contributed by atoms with Crippen LogP contribution in [-0.4, -0.2) is 16.1 Å². The Labute approximate surface area is 87.5 Å². The molecule has 0 aliphatic heterocycles. The van der Waals surface area contributed by atoms with Crippen LogP contribution in [0.1, 0.15) is 35.7 Å². The van der Waals surface area contributed by atoms with Crippen molar-refractivity contribution in [1.82, 2.24) is 10.2 Å². The first kappa shape index (κ1) is 9.71. The molecule has 15 heavy (non-hydrogen) atoms. The van der Waals surface area contributed by atoms with Crippen LogP contribution in [0.3, 0.4) is 0 Å². The fraction of sp³-hybridized carbons (Fsp3) is 0.273. The number of hydrogen-bond donors (Lipinski definition) is 2. The van der Waals surface area contributed by atoms with Crippen LogP contribution >= 0.6 is 0 Å². The zero-order chi connectivity index (χ0) is 11.0. The predicted octanol–water partition coefficient (Wildman–Crippen LogP) is 1.79. The monoisotopic (exact) mass is 203 g/mol. The second-order valence-corrected chi connectivity index (χ2v) is 3.88. The van der Waals surface area contributed by atoms with Gasteiger partial charge in [0.2, 0.25) is 5.91 Å². The third-order valence-corrected chi connectivity index (χ3v) is 2.51. The molecule has 2 aromatic rings. The molecule has 1 heterocycles. The van der Waals surface area contributed by atoms with E-state index in [2.05, 4.69) is 10.2 Å². The van der Waals surface area contributed by atoms with E-state index in [1.807, 2.05) is 19.9 Å². The van der Waals surface area contributed by atoms with Gasteiger partial charge in [-0.05, 0) is 23.6 Å².